The Hall–Kier alpha value is -1.47. The van der Waals surface area contributed by atoms with Gasteiger partial charge in [0.2, 0.25) is 11.8 Å². The number of amides is 1. The Kier molecular flexibility index (Phi) is 3.16. The van der Waals surface area contributed by atoms with Crippen molar-refractivity contribution in [2.24, 2.45) is 0 Å². The van der Waals surface area contributed by atoms with Crippen molar-refractivity contribution in [1.29, 1.82) is 0 Å². The number of rotatable bonds is 4. The van der Waals surface area contributed by atoms with Crippen LogP contribution in [0.1, 0.15) is 5.89 Å². The highest BCUT2D eigenvalue weighted by atomic mass is 16.4. The second-order valence-electron chi connectivity index (χ2n) is 3.90. The van der Waals surface area contributed by atoms with Crippen LogP contribution < -0.4 is 10.6 Å². The smallest absolute Gasteiger partial charge is 0.322 e. The zero-order valence-corrected chi connectivity index (χ0v) is 9.36. The van der Waals surface area contributed by atoms with E-state index in [0.717, 1.165) is 13.1 Å². The van der Waals surface area contributed by atoms with Crippen molar-refractivity contribution in [3.8, 4) is 0 Å². The molecule has 0 saturated carbocycles. The van der Waals surface area contributed by atoms with Gasteiger partial charge in [-0.3, -0.25) is 15.0 Å². The second-order valence-corrected chi connectivity index (χ2v) is 3.90. The molecule has 0 unspecified atom stereocenters. The summed E-state index contributed by atoms with van der Waals surface area (Å²) < 4.78 is 5.05. The van der Waals surface area contributed by atoms with Crippen molar-refractivity contribution in [2.75, 3.05) is 32.0 Å². The van der Waals surface area contributed by atoms with Crippen LogP contribution in [0, 0.1) is 6.92 Å². The first-order chi connectivity index (χ1) is 7.65. The van der Waals surface area contributed by atoms with E-state index in [4.69, 9.17) is 4.42 Å². The van der Waals surface area contributed by atoms with Gasteiger partial charge in [0.25, 0.3) is 0 Å². The van der Waals surface area contributed by atoms with Crippen molar-refractivity contribution in [1.82, 2.24) is 20.4 Å². The molecule has 7 nitrogen and oxygen atoms in total. The average Bonchev–Trinajstić information content (AvgIpc) is 2.47. The fourth-order valence-electron chi connectivity index (χ4n) is 1.45. The van der Waals surface area contributed by atoms with Crippen molar-refractivity contribution in [3.63, 3.8) is 0 Å². The molecule has 0 aromatic carbocycles. The minimum Gasteiger partial charge on any atom is -0.408 e. The Labute approximate surface area is 93.2 Å². The van der Waals surface area contributed by atoms with Gasteiger partial charge in [-0.05, 0) is 7.05 Å². The van der Waals surface area contributed by atoms with Gasteiger partial charge in [0.1, 0.15) is 0 Å². The third-order valence-electron chi connectivity index (χ3n) is 2.55. The molecule has 0 aliphatic carbocycles. The first kappa shape index (κ1) is 11.0. The molecular weight excluding hydrogens is 210 g/mol. The monoisotopic (exact) mass is 225 g/mol. The zero-order chi connectivity index (χ0) is 11.5. The normalized spacial score (nSPS) is 16.2. The molecule has 1 aliphatic rings. The molecule has 2 heterocycles. The van der Waals surface area contributed by atoms with Gasteiger partial charge in [-0.1, -0.05) is 5.10 Å². The van der Waals surface area contributed by atoms with E-state index in [1.807, 2.05) is 11.9 Å². The molecule has 16 heavy (non-hydrogen) atoms. The summed E-state index contributed by atoms with van der Waals surface area (Å²) in [4.78, 5) is 13.6. The molecule has 1 aromatic rings. The maximum atomic E-state index is 11.6. The minimum atomic E-state index is -0.141. The number of aromatic nitrogens is 2. The summed E-state index contributed by atoms with van der Waals surface area (Å²) in [5.74, 6) is 0.296. The first-order valence-electron chi connectivity index (χ1n) is 5.16. The maximum Gasteiger partial charge on any atom is 0.322 e. The summed E-state index contributed by atoms with van der Waals surface area (Å²) in [6.45, 7) is 3.87. The summed E-state index contributed by atoms with van der Waals surface area (Å²) >= 11 is 0. The largest absolute Gasteiger partial charge is 0.408 e. The molecule has 7 heteroatoms. The molecule has 0 bridgehead atoms. The summed E-state index contributed by atoms with van der Waals surface area (Å²) in [6.07, 6.45) is 0. The van der Waals surface area contributed by atoms with Crippen LogP contribution in [0.4, 0.5) is 6.01 Å². The molecule has 88 valence electrons. The Morgan fingerprint density at radius 3 is 2.88 bits per heavy atom. The fraction of sp³-hybridized carbons (Fsp3) is 0.667. The Bertz CT molecular complexity index is 374. The quantitative estimate of drug-likeness (QED) is 0.699. The van der Waals surface area contributed by atoms with Crippen molar-refractivity contribution >= 4 is 11.9 Å². The van der Waals surface area contributed by atoms with E-state index in [1.165, 1.54) is 0 Å². The lowest BCUT2D eigenvalue weighted by Crippen LogP contribution is -2.57. The Morgan fingerprint density at radius 1 is 1.62 bits per heavy atom. The highest BCUT2D eigenvalue weighted by Gasteiger charge is 2.23. The fourth-order valence-corrected chi connectivity index (χ4v) is 1.45. The van der Waals surface area contributed by atoms with Crippen LogP contribution >= 0.6 is 0 Å². The third kappa shape index (κ3) is 2.56. The number of likely N-dealkylation sites (N-methyl/N-ethyl adjacent to an activating group) is 1. The van der Waals surface area contributed by atoms with E-state index in [0.29, 0.717) is 18.5 Å². The van der Waals surface area contributed by atoms with E-state index in [2.05, 4.69) is 20.8 Å². The topological polar surface area (TPSA) is 83.3 Å². The van der Waals surface area contributed by atoms with Crippen molar-refractivity contribution in [3.05, 3.63) is 5.89 Å². The van der Waals surface area contributed by atoms with Gasteiger partial charge >= 0.3 is 6.01 Å². The van der Waals surface area contributed by atoms with Crippen LogP contribution in [0.25, 0.3) is 0 Å². The molecule has 1 aliphatic heterocycles. The van der Waals surface area contributed by atoms with E-state index in [1.54, 1.807) is 6.92 Å². The lowest BCUT2D eigenvalue weighted by atomic mass is 10.1. The summed E-state index contributed by atoms with van der Waals surface area (Å²) in [7, 11) is 1.92. The van der Waals surface area contributed by atoms with E-state index >= 15 is 0 Å². The molecule has 2 N–H and O–H groups in total. The van der Waals surface area contributed by atoms with Gasteiger partial charge < -0.3 is 9.73 Å². The number of carbonyl (C=O) groups is 1. The van der Waals surface area contributed by atoms with Gasteiger partial charge in [0.15, 0.2) is 0 Å². The van der Waals surface area contributed by atoms with Crippen LogP contribution in [0.3, 0.4) is 0 Å². The van der Waals surface area contributed by atoms with Crippen LogP contribution in [-0.4, -0.2) is 53.7 Å². The highest BCUT2D eigenvalue weighted by Crippen LogP contribution is 2.05. The number of hydrogen-bond donors (Lipinski definition) is 2. The van der Waals surface area contributed by atoms with Gasteiger partial charge in [-0.2, -0.15) is 0 Å². The standard InChI is InChI=1S/C9H15N5O2/c1-6-12-13-9(16-6)11-8(15)5-14(2)7-3-10-4-7/h7,10H,3-5H2,1-2H3,(H,11,13,15). The molecule has 0 radical (unpaired) electrons. The van der Waals surface area contributed by atoms with E-state index in [-0.39, 0.29) is 11.9 Å². The maximum absolute atomic E-state index is 11.6. The number of anilines is 1. The van der Waals surface area contributed by atoms with Gasteiger partial charge in [0.05, 0.1) is 6.54 Å². The number of nitrogens with zero attached hydrogens (tertiary/aromatic N) is 3. The van der Waals surface area contributed by atoms with Crippen LogP contribution in [-0.2, 0) is 4.79 Å². The first-order valence-corrected chi connectivity index (χ1v) is 5.16. The summed E-state index contributed by atoms with van der Waals surface area (Å²) in [5.41, 5.74) is 0. The van der Waals surface area contributed by atoms with Crippen LogP contribution in [0.15, 0.2) is 4.42 Å². The third-order valence-corrected chi connectivity index (χ3v) is 2.55. The van der Waals surface area contributed by atoms with E-state index in [9.17, 15) is 4.79 Å². The SMILES string of the molecule is Cc1nnc(NC(=O)CN(C)C2CNC2)o1. The van der Waals surface area contributed by atoms with Crippen LogP contribution in [0.2, 0.25) is 0 Å². The van der Waals surface area contributed by atoms with Gasteiger partial charge in [-0.15, -0.1) is 5.10 Å². The van der Waals surface area contributed by atoms with Gasteiger partial charge in [-0.25, -0.2) is 0 Å². The predicted molar refractivity (Wildman–Crippen MR) is 57.0 cm³/mol. The molecule has 0 atom stereocenters. The predicted octanol–water partition coefficient (Wildman–Crippen LogP) is -0.780. The molecule has 2 rings (SSSR count). The highest BCUT2D eigenvalue weighted by molar-refractivity contribution is 5.90. The van der Waals surface area contributed by atoms with Crippen molar-refractivity contribution < 1.29 is 9.21 Å². The lowest BCUT2D eigenvalue weighted by Gasteiger charge is -2.34. The summed E-state index contributed by atoms with van der Waals surface area (Å²) in [5, 5.41) is 13.0. The molecule has 1 aromatic heterocycles. The van der Waals surface area contributed by atoms with Gasteiger partial charge in [0, 0.05) is 26.1 Å². The molecule has 1 saturated heterocycles. The van der Waals surface area contributed by atoms with Crippen LogP contribution in [0.5, 0.6) is 0 Å². The minimum absolute atomic E-state index is 0.141. The lowest BCUT2D eigenvalue weighted by molar-refractivity contribution is -0.117. The molecule has 1 amide bonds. The number of aryl methyl sites for hydroxylation is 1. The van der Waals surface area contributed by atoms with Crippen molar-refractivity contribution in [2.45, 2.75) is 13.0 Å². The molecule has 0 spiro atoms. The molecule has 1 fully saturated rings. The van der Waals surface area contributed by atoms with E-state index < -0.39 is 0 Å². The Balaban J connectivity index is 1.79. The zero-order valence-electron chi connectivity index (χ0n) is 9.36. The Morgan fingerprint density at radius 2 is 2.38 bits per heavy atom. The summed E-state index contributed by atoms with van der Waals surface area (Å²) in [6, 6.07) is 0.595. The average molecular weight is 225 g/mol. The number of nitrogens with one attached hydrogen (secondary N) is 2. The second kappa shape index (κ2) is 4.58. The number of hydrogen-bond acceptors (Lipinski definition) is 6. The molecular formula is C9H15N5O2. The number of carbonyl (C=O) groups excluding carboxylic acids is 1.